The molecule has 0 aromatic heterocycles. The van der Waals surface area contributed by atoms with E-state index in [9.17, 15) is 9.90 Å². The highest BCUT2D eigenvalue weighted by Crippen LogP contribution is 2.30. The van der Waals surface area contributed by atoms with E-state index in [0.29, 0.717) is 11.1 Å². The first-order valence-corrected chi connectivity index (χ1v) is 6.35. The van der Waals surface area contributed by atoms with Crippen LogP contribution in [0.4, 0.5) is 5.69 Å². The van der Waals surface area contributed by atoms with Crippen molar-refractivity contribution in [3.63, 3.8) is 0 Å². The van der Waals surface area contributed by atoms with Gasteiger partial charge in [0.05, 0.1) is 11.3 Å². The lowest BCUT2D eigenvalue weighted by atomic mass is 10.1. The van der Waals surface area contributed by atoms with Gasteiger partial charge in [-0.2, -0.15) is 0 Å². The van der Waals surface area contributed by atoms with Gasteiger partial charge < -0.3 is 5.11 Å². The maximum Gasteiger partial charge on any atom is 0.199 e. The number of Topliss-reactive ketones (excluding diaryl/α,β-unsaturated/α-hetero) is 1. The number of para-hydroxylation sites is 1. The van der Waals surface area contributed by atoms with Gasteiger partial charge in [0.15, 0.2) is 5.78 Å². The highest BCUT2D eigenvalue weighted by atomic mass is 16.3. The highest BCUT2D eigenvalue weighted by molar-refractivity contribution is 6.30. The van der Waals surface area contributed by atoms with Crippen molar-refractivity contribution in [2.24, 2.45) is 4.99 Å². The van der Waals surface area contributed by atoms with Gasteiger partial charge in [-0.05, 0) is 18.6 Å². The van der Waals surface area contributed by atoms with E-state index < -0.39 is 0 Å². The molecule has 2 aromatic carbocycles. The predicted octanol–water partition coefficient (Wildman–Crippen LogP) is 3.86. The molecule has 0 spiro atoms. The van der Waals surface area contributed by atoms with Gasteiger partial charge in [0.25, 0.3) is 0 Å². The number of aliphatic hydroxyl groups is 1. The average molecular weight is 263 g/mol. The lowest BCUT2D eigenvalue weighted by molar-refractivity contribution is 0.104. The van der Waals surface area contributed by atoms with Crippen LogP contribution in [0.25, 0.3) is 5.76 Å². The number of carbonyl (C=O) groups is 1. The Kier molecular flexibility index (Phi) is 2.95. The predicted molar refractivity (Wildman–Crippen MR) is 79.7 cm³/mol. The topological polar surface area (TPSA) is 49.7 Å². The van der Waals surface area contributed by atoms with Crippen LogP contribution in [-0.4, -0.2) is 17.1 Å². The molecule has 0 unspecified atom stereocenters. The molecule has 0 saturated heterocycles. The van der Waals surface area contributed by atoms with Crippen LogP contribution in [-0.2, 0) is 0 Å². The largest absolute Gasteiger partial charge is 0.506 e. The van der Waals surface area contributed by atoms with Crippen LogP contribution in [0.1, 0.15) is 21.5 Å². The van der Waals surface area contributed by atoms with Crippen LogP contribution in [0.3, 0.4) is 0 Å². The third kappa shape index (κ3) is 1.93. The molecule has 0 fully saturated rings. The van der Waals surface area contributed by atoms with E-state index in [1.807, 2.05) is 31.2 Å². The summed E-state index contributed by atoms with van der Waals surface area (Å²) in [5.74, 6) is -0.182. The minimum atomic E-state index is -0.185. The van der Waals surface area contributed by atoms with Gasteiger partial charge in [-0.25, -0.2) is 0 Å². The van der Waals surface area contributed by atoms with Gasteiger partial charge in [0, 0.05) is 17.3 Å². The summed E-state index contributed by atoms with van der Waals surface area (Å²) in [6.45, 7) is 1.95. The number of aryl methyl sites for hydroxylation is 1. The maximum atomic E-state index is 12.2. The van der Waals surface area contributed by atoms with E-state index in [1.165, 1.54) is 6.21 Å². The van der Waals surface area contributed by atoms with Gasteiger partial charge in [-0.15, -0.1) is 0 Å². The lowest BCUT2D eigenvalue weighted by Gasteiger charge is -1.98. The zero-order chi connectivity index (χ0) is 14.1. The Balaban J connectivity index is 1.99. The van der Waals surface area contributed by atoms with E-state index in [0.717, 1.165) is 11.3 Å². The number of hydrogen-bond acceptors (Lipinski definition) is 3. The standard InChI is InChI=1S/C17H13NO2/c1-11-6-2-5-9-15(11)18-10-14-16(19)12-7-3-4-8-13(12)17(14)20/h2-10,19H,1H3. The van der Waals surface area contributed by atoms with Crippen molar-refractivity contribution in [2.45, 2.75) is 6.92 Å². The number of aliphatic imine (C=N–C) groups is 1. The minimum absolute atomic E-state index is 0.00272. The quantitative estimate of drug-likeness (QED) is 0.836. The summed E-state index contributed by atoms with van der Waals surface area (Å²) in [6.07, 6.45) is 1.44. The van der Waals surface area contributed by atoms with Crippen LogP contribution in [0, 0.1) is 6.92 Å². The summed E-state index contributed by atoms with van der Waals surface area (Å²) < 4.78 is 0. The third-order valence-electron chi connectivity index (χ3n) is 3.37. The van der Waals surface area contributed by atoms with Gasteiger partial charge >= 0.3 is 0 Å². The number of benzene rings is 2. The van der Waals surface area contributed by atoms with Crippen LogP contribution in [0.2, 0.25) is 0 Å². The Hall–Kier alpha value is -2.68. The summed E-state index contributed by atoms with van der Waals surface area (Å²) in [7, 11) is 0. The van der Waals surface area contributed by atoms with Gasteiger partial charge in [0.1, 0.15) is 5.76 Å². The molecule has 3 heteroatoms. The molecule has 0 saturated carbocycles. The Morgan fingerprint density at radius 2 is 1.65 bits per heavy atom. The van der Waals surface area contributed by atoms with Gasteiger partial charge in [-0.1, -0.05) is 42.5 Å². The fourth-order valence-electron chi connectivity index (χ4n) is 2.25. The number of allylic oxidation sites excluding steroid dienone is 1. The fourth-order valence-corrected chi connectivity index (χ4v) is 2.25. The second-order valence-corrected chi connectivity index (χ2v) is 4.68. The molecular formula is C17H13NO2. The number of aliphatic hydroxyl groups excluding tert-OH is 1. The van der Waals surface area contributed by atoms with E-state index in [2.05, 4.69) is 4.99 Å². The number of hydrogen-bond donors (Lipinski definition) is 1. The molecule has 2 aromatic rings. The third-order valence-corrected chi connectivity index (χ3v) is 3.37. The Morgan fingerprint density at radius 1 is 1.00 bits per heavy atom. The summed E-state index contributed by atoms with van der Waals surface area (Å²) >= 11 is 0. The smallest absolute Gasteiger partial charge is 0.199 e. The van der Waals surface area contributed by atoms with Crippen molar-refractivity contribution in [3.05, 3.63) is 70.8 Å². The van der Waals surface area contributed by atoms with Crippen molar-refractivity contribution < 1.29 is 9.90 Å². The molecule has 1 aliphatic carbocycles. The van der Waals surface area contributed by atoms with E-state index in [4.69, 9.17) is 0 Å². The number of fused-ring (bicyclic) bond motifs is 1. The van der Waals surface area contributed by atoms with Crippen molar-refractivity contribution in [1.29, 1.82) is 0 Å². The summed E-state index contributed by atoms with van der Waals surface area (Å²) in [5.41, 5.74) is 3.15. The van der Waals surface area contributed by atoms with Crippen LogP contribution in [0.15, 0.2) is 59.1 Å². The number of nitrogens with zero attached hydrogens (tertiary/aromatic N) is 1. The van der Waals surface area contributed by atoms with E-state index in [-0.39, 0.29) is 17.1 Å². The number of carbonyl (C=O) groups excluding carboxylic acids is 1. The zero-order valence-electron chi connectivity index (χ0n) is 11.0. The van der Waals surface area contributed by atoms with Crippen LogP contribution >= 0.6 is 0 Å². The van der Waals surface area contributed by atoms with Gasteiger partial charge in [-0.3, -0.25) is 9.79 Å². The monoisotopic (exact) mass is 263 g/mol. The highest BCUT2D eigenvalue weighted by Gasteiger charge is 2.27. The first-order chi connectivity index (χ1) is 9.68. The second kappa shape index (κ2) is 4.78. The first kappa shape index (κ1) is 12.4. The average Bonchev–Trinajstić information content (AvgIpc) is 2.71. The fraction of sp³-hybridized carbons (Fsp3) is 0.0588. The lowest BCUT2D eigenvalue weighted by Crippen LogP contribution is -1.99. The summed E-state index contributed by atoms with van der Waals surface area (Å²) in [6, 6.07) is 14.7. The van der Waals surface area contributed by atoms with Crippen molar-refractivity contribution in [3.8, 4) is 0 Å². The first-order valence-electron chi connectivity index (χ1n) is 6.35. The molecule has 98 valence electrons. The number of rotatable bonds is 2. The maximum absolute atomic E-state index is 12.2. The summed E-state index contributed by atoms with van der Waals surface area (Å²) in [5, 5.41) is 10.1. The molecule has 1 aliphatic rings. The molecule has 20 heavy (non-hydrogen) atoms. The Labute approximate surface area is 116 Å². The van der Waals surface area contributed by atoms with Crippen LogP contribution in [0.5, 0.6) is 0 Å². The zero-order valence-corrected chi connectivity index (χ0v) is 11.0. The minimum Gasteiger partial charge on any atom is -0.506 e. The van der Waals surface area contributed by atoms with E-state index >= 15 is 0 Å². The molecule has 0 bridgehead atoms. The van der Waals surface area contributed by atoms with Crippen molar-refractivity contribution >= 4 is 23.4 Å². The molecule has 3 rings (SSSR count). The Morgan fingerprint density at radius 3 is 2.35 bits per heavy atom. The Bertz CT molecular complexity index is 757. The molecule has 0 radical (unpaired) electrons. The molecular weight excluding hydrogens is 250 g/mol. The van der Waals surface area contributed by atoms with E-state index in [1.54, 1.807) is 24.3 Å². The molecule has 0 amide bonds. The molecule has 0 heterocycles. The second-order valence-electron chi connectivity index (χ2n) is 4.68. The molecule has 3 nitrogen and oxygen atoms in total. The SMILES string of the molecule is Cc1ccccc1N=CC1=C(O)c2ccccc2C1=O. The summed E-state index contributed by atoms with van der Waals surface area (Å²) in [4.78, 5) is 16.5. The normalized spacial score (nSPS) is 14.2. The van der Waals surface area contributed by atoms with Gasteiger partial charge in [0.2, 0.25) is 0 Å². The molecule has 0 atom stereocenters. The molecule has 1 N–H and O–H groups in total. The van der Waals surface area contributed by atoms with Crippen molar-refractivity contribution in [1.82, 2.24) is 0 Å². The van der Waals surface area contributed by atoms with Crippen LogP contribution < -0.4 is 0 Å². The van der Waals surface area contributed by atoms with Crippen molar-refractivity contribution in [2.75, 3.05) is 0 Å². The number of ketones is 1. The molecule has 0 aliphatic heterocycles.